The predicted molar refractivity (Wildman–Crippen MR) is 101 cm³/mol. The normalized spacial score (nSPS) is 48.9. The number of Topliss-reactive ketones (excluding diaryl/α,β-unsaturated/α-hetero) is 1. The molecule has 0 aromatic carbocycles. The highest BCUT2D eigenvalue weighted by Gasteiger charge is 2.61. The lowest BCUT2D eigenvalue weighted by Gasteiger charge is -2.60. The van der Waals surface area contributed by atoms with Gasteiger partial charge in [-0.15, -0.1) is 0 Å². The summed E-state index contributed by atoms with van der Waals surface area (Å²) in [7, 11) is 1.52. The highest BCUT2D eigenvalue weighted by Crippen LogP contribution is 2.68. The molecule has 4 rings (SSSR count). The van der Waals surface area contributed by atoms with Crippen molar-refractivity contribution >= 4 is 11.8 Å². The summed E-state index contributed by atoms with van der Waals surface area (Å²) in [5, 5.41) is 0. The summed E-state index contributed by atoms with van der Waals surface area (Å²) in [4.78, 5) is 24.2. The maximum absolute atomic E-state index is 12.2. The van der Waals surface area contributed by atoms with Crippen molar-refractivity contribution in [1.82, 2.24) is 0 Å². The van der Waals surface area contributed by atoms with E-state index in [0.717, 1.165) is 37.0 Å². The van der Waals surface area contributed by atoms with Crippen LogP contribution in [0.25, 0.3) is 0 Å². The Bertz CT molecular complexity index is 598. The smallest absolute Gasteiger partial charge is 0.308 e. The fourth-order valence-electron chi connectivity index (χ4n) is 8.26. The van der Waals surface area contributed by atoms with Gasteiger partial charge in [-0.25, -0.2) is 0 Å². The van der Waals surface area contributed by atoms with Gasteiger partial charge in [0.1, 0.15) is 5.78 Å². The minimum atomic E-state index is -0.0274. The summed E-state index contributed by atoms with van der Waals surface area (Å²) < 4.78 is 5.08. The second kappa shape index (κ2) is 6.34. The number of ketones is 1. The number of fused-ring (bicyclic) bond motifs is 5. The predicted octanol–water partition coefficient (Wildman–Crippen LogP) is 5.02. The van der Waals surface area contributed by atoms with Gasteiger partial charge in [0.25, 0.3) is 0 Å². The second-order valence-corrected chi connectivity index (χ2v) is 10.4. The number of ether oxygens (including phenoxy) is 1. The molecule has 0 spiro atoms. The standard InChI is InChI=1S/C23H36O3/c1-14(21(25)26-4)18-7-8-19-17-6-5-15-13-16(24)9-11-22(15,2)20(17)10-12-23(18,19)3/h14-15,17-20H,5-13H2,1-4H3/t14-,15+,17-,18+,19-,20-,22-,23+/m0/s1. The Kier molecular flexibility index (Phi) is 4.51. The molecule has 0 amide bonds. The molecule has 0 N–H and O–H groups in total. The first kappa shape index (κ1) is 18.5. The molecule has 26 heavy (non-hydrogen) atoms. The maximum Gasteiger partial charge on any atom is 0.308 e. The van der Waals surface area contributed by atoms with Gasteiger partial charge in [0.05, 0.1) is 13.0 Å². The third-order valence-electron chi connectivity index (χ3n) is 9.73. The number of rotatable bonds is 2. The summed E-state index contributed by atoms with van der Waals surface area (Å²) in [6.45, 7) is 7.07. The molecule has 146 valence electrons. The van der Waals surface area contributed by atoms with Crippen LogP contribution in [0.2, 0.25) is 0 Å². The first-order valence-corrected chi connectivity index (χ1v) is 10.9. The summed E-state index contributed by atoms with van der Waals surface area (Å²) in [6.07, 6.45) is 10.3. The third-order valence-corrected chi connectivity index (χ3v) is 9.73. The van der Waals surface area contributed by atoms with Crippen LogP contribution in [0.5, 0.6) is 0 Å². The lowest BCUT2D eigenvalue weighted by molar-refractivity contribution is -0.152. The van der Waals surface area contributed by atoms with Crippen LogP contribution >= 0.6 is 0 Å². The van der Waals surface area contributed by atoms with Crippen LogP contribution in [0.15, 0.2) is 0 Å². The summed E-state index contributed by atoms with van der Waals surface area (Å²) in [6, 6.07) is 0. The Labute approximate surface area is 158 Å². The molecule has 0 aliphatic heterocycles. The van der Waals surface area contributed by atoms with E-state index >= 15 is 0 Å². The zero-order valence-corrected chi connectivity index (χ0v) is 17.1. The fraction of sp³-hybridized carbons (Fsp3) is 0.913. The monoisotopic (exact) mass is 360 g/mol. The lowest BCUT2D eigenvalue weighted by Crippen LogP contribution is -2.54. The van der Waals surface area contributed by atoms with E-state index in [9.17, 15) is 9.59 Å². The Morgan fingerprint density at radius 2 is 1.77 bits per heavy atom. The number of methoxy groups -OCH3 is 1. The largest absolute Gasteiger partial charge is 0.469 e. The van der Waals surface area contributed by atoms with Gasteiger partial charge >= 0.3 is 5.97 Å². The summed E-state index contributed by atoms with van der Waals surface area (Å²) in [5.41, 5.74) is 0.673. The molecule has 0 unspecified atom stereocenters. The van der Waals surface area contributed by atoms with Crippen molar-refractivity contribution in [2.24, 2.45) is 46.3 Å². The molecule has 0 heterocycles. The molecule has 0 aromatic rings. The van der Waals surface area contributed by atoms with Gasteiger partial charge in [-0.2, -0.15) is 0 Å². The molecule has 3 nitrogen and oxygen atoms in total. The van der Waals surface area contributed by atoms with E-state index in [-0.39, 0.29) is 11.9 Å². The summed E-state index contributed by atoms with van der Waals surface area (Å²) in [5.74, 6) is 3.94. The van der Waals surface area contributed by atoms with Crippen molar-refractivity contribution in [3.63, 3.8) is 0 Å². The van der Waals surface area contributed by atoms with Crippen molar-refractivity contribution in [3.05, 3.63) is 0 Å². The van der Waals surface area contributed by atoms with Crippen LogP contribution in [0.4, 0.5) is 0 Å². The van der Waals surface area contributed by atoms with Crippen LogP contribution in [0.3, 0.4) is 0 Å². The van der Waals surface area contributed by atoms with Crippen molar-refractivity contribution in [2.45, 2.75) is 78.6 Å². The molecule has 4 aliphatic rings. The van der Waals surface area contributed by atoms with E-state index < -0.39 is 0 Å². The molecular formula is C23H36O3. The third kappa shape index (κ3) is 2.52. The van der Waals surface area contributed by atoms with Crippen molar-refractivity contribution in [3.8, 4) is 0 Å². The zero-order valence-electron chi connectivity index (χ0n) is 17.1. The van der Waals surface area contributed by atoms with Gasteiger partial charge in [-0.3, -0.25) is 9.59 Å². The molecule has 3 heteroatoms. The number of carbonyl (C=O) groups is 2. The molecule has 0 aromatic heterocycles. The fourth-order valence-corrected chi connectivity index (χ4v) is 8.26. The Morgan fingerprint density at radius 3 is 2.50 bits per heavy atom. The maximum atomic E-state index is 12.2. The van der Waals surface area contributed by atoms with Gasteiger partial charge in [-0.1, -0.05) is 20.8 Å². The van der Waals surface area contributed by atoms with E-state index in [2.05, 4.69) is 20.8 Å². The lowest BCUT2D eigenvalue weighted by atomic mass is 9.44. The molecule has 4 fully saturated rings. The van der Waals surface area contributed by atoms with Crippen LogP contribution in [-0.4, -0.2) is 18.9 Å². The Morgan fingerprint density at radius 1 is 1.04 bits per heavy atom. The zero-order chi connectivity index (χ0) is 18.7. The van der Waals surface area contributed by atoms with E-state index in [1.165, 1.54) is 45.6 Å². The van der Waals surface area contributed by atoms with Gasteiger partial charge in [0.15, 0.2) is 0 Å². The van der Waals surface area contributed by atoms with E-state index in [0.29, 0.717) is 28.4 Å². The van der Waals surface area contributed by atoms with Gasteiger partial charge < -0.3 is 4.74 Å². The SMILES string of the molecule is COC(=O)[C@@H](C)[C@H]1CC[C@H]2[C@@H]3CC[C@@H]4CC(=O)CC[C@]4(C)[C@H]3CC[C@]12C. The first-order chi connectivity index (χ1) is 12.3. The topological polar surface area (TPSA) is 43.4 Å². The second-order valence-electron chi connectivity index (χ2n) is 10.4. The molecule has 4 saturated carbocycles. The summed E-state index contributed by atoms with van der Waals surface area (Å²) >= 11 is 0. The average Bonchev–Trinajstić information content (AvgIpc) is 2.98. The van der Waals surface area contributed by atoms with E-state index in [1.807, 2.05) is 0 Å². The van der Waals surface area contributed by atoms with Crippen LogP contribution < -0.4 is 0 Å². The van der Waals surface area contributed by atoms with E-state index in [4.69, 9.17) is 4.74 Å². The average molecular weight is 361 g/mol. The number of hydrogen-bond acceptors (Lipinski definition) is 3. The van der Waals surface area contributed by atoms with Crippen molar-refractivity contribution in [1.29, 1.82) is 0 Å². The van der Waals surface area contributed by atoms with Crippen LogP contribution in [0, 0.1) is 46.3 Å². The van der Waals surface area contributed by atoms with Gasteiger partial charge in [-0.05, 0) is 85.4 Å². The quantitative estimate of drug-likeness (QED) is 0.649. The molecule has 0 radical (unpaired) electrons. The molecule has 8 atom stereocenters. The van der Waals surface area contributed by atoms with Crippen molar-refractivity contribution in [2.75, 3.05) is 7.11 Å². The van der Waals surface area contributed by atoms with Gasteiger partial charge in [0, 0.05) is 12.8 Å². The van der Waals surface area contributed by atoms with Crippen LogP contribution in [-0.2, 0) is 14.3 Å². The molecule has 0 bridgehead atoms. The molecule has 4 aliphatic carbocycles. The molecular weight excluding hydrogens is 324 g/mol. The Balaban J connectivity index is 1.58. The van der Waals surface area contributed by atoms with Gasteiger partial charge in [0.2, 0.25) is 0 Å². The minimum Gasteiger partial charge on any atom is -0.469 e. The number of esters is 1. The molecule has 0 saturated heterocycles. The van der Waals surface area contributed by atoms with Crippen LogP contribution in [0.1, 0.15) is 78.6 Å². The Hall–Kier alpha value is -0.860. The first-order valence-electron chi connectivity index (χ1n) is 10.9. The number of hydrogen-bond donors (Lipinski definition) is 0. The van der Waals surface area contributed by atoms with Crippen molar-refractivity contribution < 1.29 is 14.3 Å². The van der Waals surface area contributed by atoms with E-state index in [1.54, 1.807) is 0 Å². The highest BCUT2D eigenvalue weighted by atomic mass is 16.5. The highest BCUT2D eigenvalue weighted by molar-refractivity contribution is 5.79. The number of carbonyl (C=O) groups excluding carboxylic acids is 2. The minimum absolute atomic E-state index is 0.0192.